The molecule has 0 spiro atoms. The van der Waals surface area contributed by atoms with E-state index in [0.29, 0.717) is 0 Å². The molecular formula is C4H10N10O2. The first-order chi connectivity index (χ1) is 7.31. The third kappa shape index (κ3) is 6.58. The minimum atomic E-state index is -0.950. The smallest absolute Gasteiger partial charge is 0.336 e. The lowest BCUT2D eigenvalue weighted by Crippen LogP contribution is -2.51. The summed E-state index contributed by atoms with van der Waals surface area (Å²) in [4.78, 5) is 19.9. The zero-order valence-electron chi connectivity index (χ0n) is 7.94. The van der Waals surface area contributed by atoms with Crippen molar-refractivity contribution in [3.63, 3.8) is 0 Å². The summed E-state index contributed by atoms with van der Waals surface area (Å²) >= 11 is 0. The number of rotatable bonds is 2. The lowest BCUT2D eigenvalue weighted by molar-refractivity contribution is -0.419. The second-order valence-electron chi connectivity index (χ2n) is 2.19. The van der Waals surface area contributed by atoms with Gasteiger partial charge in [-0.15, -0.1) is 0 Å². The maximum absolute atomic E-state index is 9.85. The summed E-state index contributed by atoms with van der Waals surface area (Å²) in [6.45, 7) is 0. The summed E-state index contributed by atoms with van der Waals surface area (Å²) in [7, 11) is 0. The summed E-state index contributed by atoms with van der Waals surface area (Å²) in [5.41, 5.74) is 22.2. The summed E-state index contributed by atoms with van der Waals surface area (Å²) in [6, 6.07) is 0. The molecule has 0 aliphatic carbocycles. The van der Waals surface area contributed by atoms with E-state index in [-0.39, 0.29) is 17.9 Å². The molecular weight excluding hydrogens is 220 g/mol. The van der Waals surface area contributed by atoms with Gasteiger partial charge in [-0.1, -0.05) is 5.43 Å². The van der Waals surface area contributed by atoms with Crippen LogP contribution in [0.1, 0.15) is 0 Å². The van der Waals surface area contributed by atoms with Crippen LogP contribution < -0.4 is 28.3 Å². The average Bonchev–Trinajstić information content (AvgIpc) is 1.97. The summed E-state index contributed by atoms with van der Waals surface area (Å²) in [5, 5.41) is 13.5. The Labute approximate surface area is 88.7 Å². The number of guanidine groups is 1. The maximum atomic E-state index is 9.85. The molecule has 0 radical (unpaired) electrons. The highest BCUT2D eigenvalue weighted by Crippen LogP contribution is 2.12. The molecule has 88 valence electrons. The number of hydrogen-bond donors (Lipinski definition) is 5. The van der Waals surface area contributed by atoms with Crippen LogP contribution in [0.3, 0.4) is 0 Å². The fraction of sp³-hybridized carbons (Fsp3) is 0. The van der Waals surface area contributed by atoms with Gasteiger partial charge in [0.05, 0.1) is 0 Å². The quantitative estimate of drug-likeness (QED) is 0.145. The van der Waals surface area contributed by atoms with E-state index in [1.165, 1.54) is 0 Å². The zero-order chi connectivity index (χ0) is 12.7. The standard InChI is InChI=1S/C3H4N7O2.CH5N3/c4-1-6-2(5)8-3(7-1)9-10(11)12;2-1(3)4/h(H4-,4,5,6,7,8,9);(H5,2,3,4)/q-1;/p+1. The zero-order valence-corrected chi connectivity index (χ0v) is 7.94. The van der Waals surface area contributed by atoms with Crippen molar-refractivity contribution in [1.82, 2.24) is 15.0 Å². The van der Waals surface area contributed by atoms with Gasteiger partial charge in [0.2, 0.25) is 0 Å². The fourth-order valence-electron chi connectivity index (χ4n) is 0.515. The first kappa shape index (κ1) is 13.1. The molecule has 0 saturated carbocycles. The van der Waals surface area contributed by atoms with E-state index in [1.54, 1.807) is 0 Å². The topological polar surface area (TPSA) is 226 Å². The second-order valence-corrected chi connectivity index (χ2v) is 2.19. The van der Waals surface area contributed by atoms with E-state index < -0.39 is 11.0 Å². The van der Waals surface area contributed by atoms with Crippen LogP contribution in [0.15, 0.2) is 0 Å². The van der Waals surface area contributed by atoms with Crippen LogP contribution in [0.25, 0.3) is 5.43 Å². The molecule has 10 N–H and O–H groups in total. The Morgan fingerprint density at radius 3 is 1.94 bits per heavy atom. The van der Waals surface area contributed by atoms with Crippen LogP contribution in [0, 0.1) is 10.1 Å². The normalized spacial score (nSPS) is 8.50. The number of hydrogen-bond acceptors (Lipinski definition) is 7. The number of nitrogens with zero attached hydrogens (tertiary/aromatic N) is 5. The minimum Gasteiger partial charge on any atom is -0.381 e. The van der Waals surface area contributed by atoms with E-state index in [0.717, 1.165) is 0 Å². The average molecular weight is 230 g/mol. The first-order valence-corrected chi connectivity index (χ1v) is 3.57. The van der Waals surface area contributed by atoms with Gasteiger partial charge >= 0.3 is 5.96 Å². The van der Waals surface area contributed by atoms with Crippen LogP contribution in [-0.4, -0.2) is 25.9 Å². The van der Waals surface area contributed by atoms with Gasteiger partial charge in [-0.3, -0.25) is 16.9 Å². The van der Waals surface area contributed by atoms with Crippen LogP contribution in [0.5, 0.6) is 0 Å². The minimum absolute atomic E-state index is 0.0833. The van der Waals surface area contributed by atoms with Crippen molar-refractivity contribution in [3.05, 3.63) is 15.5 Å². The number of aromatic nitrogens is 3. The first-order valence-electron chi connectivity index (χ1n) is 3.57. The maximum Gasteiger partial charge on any atom is 0.336 e. The molecule has 0 amide bonds. The van der Waals surface area contributed by atoms with Crippen LogP contribution in [0.2, 0.25) is 0 Å². The van der Waals surface area contributed by atoms with Gasteiger partial charge in [-0.25, -0.2) is 15.1 Å². The number of nitrogens with two attached hydrogens (primary N) is 5. The Morgan fingerprint density at radius 1 is 1.25 bits per heavy atom. The Morgan fingerprint density at radius 2 is 1.62 bits per heavy atom. The molecule has 12 nitrogen and oxygen atoms in total. The molecule has 0 fully saturated rings. The molecule has 0 bridgehead atoms. The number of nitrogen functional groups attached to an aromatic ring is 2. The summed E-state index contributed by atoms with van der Waals surface area (Å²) in [5.74, 6) is -0.906. The van der Waals surface area contributed by atoms with E-state index >= 15 is 0 Å². The Kier molecular flexibility index (Phi) is 4.69. The van der Waals surface area contributed by atoms with Gasteiger partial charge in [0.25, 0.3) is 0 Å². The molecule has 0 saturated heterocycles. The SMILES string of the molecule is NC(N)=[NH2+].Nc1nc(N)nc([N-][N+](=O)[O-])n1. The predicted octanol–water partition coefficient (Wildman–Crippen LogP) is -3.75. The molecule has 0 atom stereocenters. The van der Waals surface area contributed by atoms with Gasteiger partial charge in [-0.05, 0) is 0 Å². The van der Waals surface area contributed by atoms with Gasteiger partial charge in [0.1, 0.15) is 11.0 Å². The van der Waals surface area contributed by atoms with Crippen molar-refractivity contribution < 1.29 is 10.4 Å². The van der Waals surface area contributed by atoms with E-state index in [9.17, 15) is 10.1 Å². The number of anilines is 2. The van der Waals surface area contributed by atoms with Crippen molar-refractivity contribution in [1.29, 1.82) is 0 Å². The molecule has 1 aromatic rings. The van der Waals surface area contributed by atoms with Gasteiger partial charge in [0, 0.05) is 0 Å². The van der Waals surface area contributed by atoms with Crippen LogP contribution >= 0.6 is 0 Å². The van der Waals surface area contributed by atoms with Gasteiger partial charge in [0.15, 0.2) is 11.9 Å². The van der Waals surface area contributed by atoms with Crippen molar-refractivity contribution in [3.8, 4) is 0 Å². The van der Waals surface area contributed by atoms with Crippen molar-refractivity contribution in [2.24, 2.45) is 11.5 Å². The molecule has 12 heteroatoms. The summed E-state index contributed by atoms with van der Waals surface area (Å²) in [6.07, 6.45) is 0. The predicted molar refractivity (Wildman–Crippen MR) is 54.0 cm³/mol. The lowest BCUT2D eigenvalue weighted by Gasteiger charge is -2.05. The van der Waals surface area contributed by atoms with E-state index in [2.05, 4.69) is 37.3 Å². The van der Waals surface area contributed by atoms with Crippen LogP contribution in [0.4, 0.5) is 17.8 Å². The van der Waals surface area contributed by atoms with Gasteiger partial charge < -0.3 is 21.4 Å². The van der Waals surface area contributed by atoms with E-state index in [4.69, 9.17) is 11.5 Å². The molecule has 1 heterocycles. The lowest BCUT2D eigenvalue weighted by atomic mass is 10.8. The Hall–Kier alpha value is -2.92. The molecule has 0 aromatic carbocycles. The molecule has 1 rings (SSSR count). The van der Waals surface area contributed by atoms with Crippen molar-refractivity contribution in [2.45, 2.75) is 0 Å². The van der Waals surface area contributed by atoms with Crippen LogP contribution in [-0.2, 0) is 0 Å². The highest BCUT2D eigenvalue weighted by atomic mass is 16.7. The fourth-order valence-corrected chi connectivity index (χ4v) is 0.515. The highest BCUT2D eigenvalue weighted by Gasteiger charge is 1.96. The Bertz CT molecular complexity index is 366. The number of nitro groups is 1. The van der Waals surface area contributed by atoms with Gasteiger partial charge in [-0.2, -0.15) is 0 Å². The second kappa shape index (κ2) is 5.74. The summed E-state index contributed by atoms with van der Waals surface area (Å²) < 4.78 is 0. The molecule has 0 aliphatic rings. The third-order valence-electron chi connectivity index (χ3n) is 0.829. The molecule has 0 unspecified atom stereocenters. The molecule has 1 aromatic heterocycles. The highest BCUT2D eigenvalue weighted by molar-refractivity contribution is 5.68. The van der Waals surface area contributed by atoms with Crippen molar-refractivity contribution in [2.75, 3.05) is 11.5 Å². The molecule has 0 aliphatic heterocycles. The van der Waals surface area contributed by atoms with Crippen molar-refractivity contribution >= 4 is 23.8 Å². The monoisotopic (exact) mass is 230 g/mol. The largest absolute Gasteiger partial charge is 0.381 e. The Balaban J connectivity index is 0.000000487. The third-order valence-corrected chi connectivity index (χ3v) is 0.829. The molecule has 16 heavy (non-hydrogen) atoms. The van der Waals surface area contributed by atoms with E-state index in [1.807, 2.05) is 0 Å².